The minimum absolute atomic E-state index is 0.121. The lowest BCUT2D eigenvalue weighted by Crippen LogP contribution is -2.17. The zero-order chi connectivity index (χ0) is 17.7. The van der Waals surface area contributed by atoms with Crippen LogP contribution >= 0.6 is 0 Å². The van der Waals surface area contributed by atoms with E-state index in [1.54, 1.807) is 26.0 Å². The second kappa shape index (κ2) is 7.58. The Morgan fingerprint density at radius 2 is 2.04 bits per heavy atom. The van der Waals surface area contributed by atoms with E-state index < -0.39 is 12.5 Å². The number of alkyl halides is 2. The van der Waals surface area contributed by atoms with E-state index in [2.05, 4.69) is 15.3 Å². The predicted molar refractivity (Wildman–Crippen MR) is 82.9 cm³/mol. The van der Waals surface area contributed by atoms with Gasteiger partial charge < -0.3 is 13.9 Å². The molecule has 0 unspecified atom stereocenters. The molecule has 128 valence electrons. The van der Waals surface area contributed by atoms with Crippen LogP contribution in [0.15, 0.2) is 33.8 Å². The summed E-state index contributed by atoms with van der Waals surface area (Å²) in [7, 11) is 1.34. The Hall–Kier alpha value is -2.90. The van der Waals surface area contributed by atoms with Gasteiger partial charge in [0.25, 0.3) is 5.91 Å². The topological polar surface area (TPSA) is 73.1 Å². The first-order chi connectivity index (χ1) is 11.4. The van der Waals surface area contributed by atoms with E-state index >= 15 is 0 Å². The number of nitrogens with zero attached hydrogens (tertiary/aromatic N) is 1. The maximum Gasteiger partial charge on any atom is 0.387 e. The summed E-state index contributed by atoms with van der Waals surface area (Å²) in [5.74, 6) is 0.714. The van der Waals surface area contributed by atoms with E-state index in [-0.39, 0.29) is 11.5 Å². The molecule has 1 N–H and O–H groups in total. The van der Waals surface area contributed by atoms with Crippen LogP contribution in [0.25, 0.3) is 0 Å². The Morgan fingerprint density at radius 1 is 1.29 bits per heavy atom. The van der Waals surface area contributed by atoms with Gasteiger partial charge in [0.15, 0.2) is 11.5 Å². The minimum atomic E-state index is -2.97. The molecule has 0 atom stereocenters. The van der Waals surface area contributed by atoms with Gasteiger partial charge >= 0.3 is 6.61 Å². The first-order valence-electron chi connectivity index (χ1n) is 6.94. The maximum absolute atomic E-state index is 12.4. The molecule has 1 amide bonds. The van der Waals surface area contributed by atoms with Gasteiger partial charge in [-0.25, -0.2) is 5.43 Å². The number of methoxy groups -OCH3 is 1. The molecule has 0 saturated heterocycles. The number of hydrogen-bond donors (Lipinski definition) is 1. The highest BCUT2D eigenvalue weighted by Crippen LogP contribution is 2.28. The summed E-state index contributed by atoms with van der Waals surface area (Å²) in [6.45, 7) is 0.427. The van der Waals surface area contributed by atoms with Crippen molar-refractivity contribution in [2.75, 3.05) is 7.11 Å². The first kappa shape index (κ1) is 17.5. The van der Waals surface area contributed by atoms with Gasteiger partial charge in [0, 0.05) is 0 Å². The van der Waals surface area contributed by atoms with Gasteiger partial charge in [0.05, 0.1) is 18.9 Å². The average molecular weight is 338 g/mol. The Morgan fingerprint density at radius 3 is 2.62 bits per heavy atom. The summed E-state index contributed by atoms with van der Waals surface area (Å²) in [5.41, 5.74) is 3.17. The largest absolute Gasteiger partial charge is 0.493 e. The number of nitrogens with one attached hydrogen (secondary N) is 1. The van der Waals surface area contributed by atoms with Crippen LogP contribution in [-0.2, 0) is 0 Å². The molecule has 1 aromatic heterocycles. The molecule has 24 heavy (non-hydrogen) atoms. The Labute approximate surface area is 137 Å². The fourth-order valence-corrected chi connectivity index (χ4v) is 2.04. The molecule has 2 aromatic rings. The molecule has 1 heterocycles. The molecular weight excluding hydrogens is 322 g/mol. The number of amides is 1. The molecule has 0 radical (unpaired) electrons. The zero-order valence-corrected chi connectivity index (χ0v) is 13.3. The summed E-state index contributed by atoms with van der Waals surface area (Å²) < 4.78 is 39.3. The molecule has 0 fully saturated rings. The summed E-state index contributed by atoms with van der Waals surface area (Å²) in [6, 6.07) is 5.97. The van der Waals surface area contributed by atoms with Crippen molar-refractivity contribution < 1.29 is 27.5 Å². The number of ether oxygens (including phenoxy) is 2. The van der Waals surface area contributed by atoms with Gasteiger partial charge in [-0.1, -0.05) is 0 Å². The van der Waals surface area contributed by atoms with Crippen LogP contribution in [0.2, 0.25) is 0 Å². The fourth-order valence-electron chi connectivity index (χ4n) is 2.04. The lowest BCUT2D eigenvalue weighted by Gasteiger charge is -2.10. The molecule has 6 nitrogen and oxygen atoms in total. The fraction of sp³-hybridized carbons (Fsp3) is 0.250. The highest BCUT2D eigenvalue weighted by Gasteiger charge is 2.13. The molecule has 0 aliphatic carbocycles. The second-order valence-electron chi connectivity index (χ2n) is 4.81. The third kappa shape index (κ3) is 4.31. The van der Waals surface area contributed by atoms with E-state index in [4.69, 9.17) is 9.15 Å². The Balaban J connectivity index is 2.08. The molecule has 0 spiro atoms. The molecule has 0 bridgehead atoms. The number of rotatable bonds is 6. The van der Waals surface area contributed by atoms with Gasteiger partial charge in [0.1, 0.15) is 11.5 Å². The number of hydrazone groups is 1. The molecule has 0 aliphatic heterocycles. The average Bonchev–Trinajstić information content (AvgIpc) is 2.85. The summed E-state index contributed by atoms with van der Waals surface area (Å²) in [6.07, 6.45) is 1.30. The van der Waals surface area contributed by atoms with Crippen molar-refractivity contribution in [3.05, 3.63) is 46.9 Å². The summed E-state index contributed by atoms with van der Waals surface area (Å²) in [4.78, 5) is 12.0. The van der Waals surface area contributed by atoms with Crippen molar-refractivity contribution in [1.82, 2.24) is 5.43 Å². The van der Waals surface area contributed by atoms with Crippen LogP contribution in [0, 0.1) is 13.8 Å². The van der Waals surface area contributed by atoms with Crippen LogP contribution < -0.4 is 14.9 Å². The summed E-state index contributed by atoms with van der Waals surface area (Å²) in [5, 5.41) is 3.79. The van der Waals surface area contributed by atoms with Crippen LogP contribution in [-0.4, -0.2) is 25.8 Å². The van der Waals surface area contributed by atoms with Crippen molar-refractivity contribution in [2.45, 2.75) is 20.5 Å². The van der Waals surface area contributed by atoms with Crippen molar-refractivity contribution in [2.24, 2.45) is 5.10 Å². The lowest BCUT2D eigenvalue weighted by atomic mass is 10.2. The molecule has 2 rings (SSSR count). The Bertz CT molecular complexity index is 757. The smallest absolute Gasteiger partial charge is 0.387 e. The highest BCUT2D eigenvalue weighted by atomic mass is 19.3. The van der Waals surface area contributed by atoms with Gasteiger partial charge in [-0.15, -0.1) is 0 Å². The van der Waals surface area contributed by atoms with Crippen LogP contribution in [0.4, 0.5) is 8.78 Å². The third-order valence-corrected chi connectivity index (χ3v) is 3.07. The van der Waals surface area contributed by atoms with E-state index in [0.717, 1.165) is 0 Å². The third-order valence-electron chi connectivity index (χ3n) is 3.07. The number of benzene rings is 1. The van der Waals surface area contributed by atoms with Crippen LogP contribution in [0.3, 0.4) is 0 Å². The van der Waals surface area contributed by atoms with Crippen molar-refractivity contribution in [3.63, 3.8) is 0 Å². The molecular formula is C16H16F2N2O4. The second-order valence-corrected chi connectivity index (χ2v) is 4.81. The maximum atomic E-state index is 12.4. The van der Waals surface area contributed by atoms with Crippen molar-refractivity contribution in [1.29, 1.82) is 0 Å². The molecule has 0 aliphatic rings. The van der Waals surface area contributed by atoms with Gasteiger partial charge in [0.2, 0.25) is 0 Å². The normalized spacial score (nSPS) is 11.1. The molecule has 8 heteroatoms. The standard InChI is InChI=1S/C16H16F2N2O4/c1-9-6-12(10(2)23-9)15(21)20-19-8-11-4-5-13(22-3)14(7-11)24-16(17)18/h4-8,16H,1-3H3,(H,20,21)/b19-8-. The highest BCUT2D eigenvalue weighted by molar-refractivity contribution is 5.95. The van der Waals surface area contributed by atoms with E-state index in [1.807, 2.05) is 0 Å². The number of aryl methyl sites for hydroxylation is 2. The number of hydrogen-bond acceptors (Lipinski definition) is 5. The first-order valence-corrected chi connectivity index (χ1v) is 6.94. The summed E-state index contributed by atoms with van der Waals surface area (Å²) >= 11 is 0. The predicted octanol–water partition coefficient (Wildman–Crippen LogP) is 3.27. The quantitative estimate of drug-likeness (QED) is 0.648. The Kier molecular flexibility index (Phi) is 5.51. The molecule has 1 aromatic carbocycles. The zero-order valence-electron chi connectivity index (χ0n) is 13.3. The van der Waals surface area contributed by atoms with Gasteiger partial charge in [-0.3, -0.25) is 4.79 Å². The van der Waals surface area contributed by atoms with Gasteiger partial charge in [-0.05, 0) is 43.7 Å². The van der Waals surface area contributed by atoms with E-state index in [9.17, 15) is 13.6 Å². The lowest BCUT2D eigenvalue weighted by molar-refractivity contribution is -0.0512. The monoisotopic (exact) mass is 338 g/mol. The van der Waals surface area contributed by atoms with Crippen molar-refractivity contribution in [3.8, 4) is 11.5 Å². The van der Waals surface area contributed by atoms with Crippen LogP contribution in [0.5, 0.6) is 11.5 Å². The van der Waals surface area contributed by atoms with E-state index in [1.165, 1.54) is 25.5 Å². The molecule has 0 saturated carbocycles. The number of carbonyl (C=O) groups is 1. The number of halogens is 2. The van der Waals surface area contributed by atoms with Crippen LogP contribution in [0.1, 0.15) is 27.4 Å². The minimum Gasteiger partial charge on any atom is -0.493 e. The SMILES string of the molecule is COc1ccc(/C=N\NC(=O)c2cc(C)oc2C)cc1OC(F)F. The van der Waals surface area contributed by atoms with Crippen molar-refractivity contribution >= 4 is 12.1 Å². The number of carbonyl (C=O) groups excluding carboxylic acids is 1. The van der Waals surface area contributed by atoms with E-state index in [0.29, 0.717) is 22.6 Å². The van der Waals surface area contributed by atoms with Gasteiger partial charge in [-0.2, -0.15) is 13.9 Å². The number of furan rings is 1.